The molecule has 26 heavy (non-hydrogen) atoms. The number of H-pyrrole nitrogens is 2. The Bertz CT molecular complexity index is 827. The van der Waals surface area contributed by atoms with Crippen LogP contribution < -0.4 is 5.56 Å². The van der Waals surface area contributed by atoms with Crippen molar-refractivity contribution in [1.29, 1.82) is 0 Å². The van der Waals surface area contributed by atoms with Crippen molar-refractivity contribution < 1.29 is 9.90 Å². The van der Waals surface area contributed by atoms with E-state index in [0.717, 1.165) is 5.56 Å². The highest BCUT2D eigenvalue weighted by molar-refractivity contribution is 5.79. The molecule has 0 spiro atoms. The molecule has 140 valence electrons. The number of rotatable bonds is 4. The van der Waals surface area contributed by atoms with Crippen LogP contribution in [-0.2, 0) is 16.8 Å². The number of carbonyl (C=O) groups is 1. The molecule has 0 saturated carbocycles. The first-order chi connectivity index (χ1) is 12.4. The number of aliphatic hydroxyl groups is 1. The third-order valence-electron chi connectivity index (χ3n) is 5.55. The van der Waals surface area contributed by atoms with E-state index < -0.39 is 11.6 Å². The van der Waals surface area contributed by atoms with Crippen molar-refractivity contribution in [3.63, 3.8) is 0 Å². The monoisotopic (exact) mass is 358 g/mol. The standard InChI is InChI=1S/C19H26N4O3/c1-13-15(18(26)21-20-13)11-17(25)23-10-9-19(22(2)3,16(24)12-23)14-7-5-4-6-8-14/h4-8,16,24H,9-12H2,1-3H3,(H2,20,21,26)/t16-,19+/m1/s1. The van der Waals surface area contributed by atoms with Gasteiger partial charge < -0.3 is 15.1 Å². The summed E-state index contributed by atoms with van der Waals surface area (Å²) in [6, 6.07) is 9.92. The number of hydrogen-bond donors (Lipinski definition) is 3. The molecule has 3 N–H and O–H groups in total. The molecule has 0 aliphatic carbocycles. The van der Waals surface area contributed by atoms with Gasteiger partial charge in [0.05, 0.1) is 18.1 Å². The molecule has 1 amide bonds. The largest absolute Gasteiger partial charge is 0.389 e. The van der Waals surface area contributed by atoms with Gasteiger partial charge in [-0.15, -0.1) is 0 Å². The number of amides is 1. The Hall–Kier alpha value is -2.38. The molecule has 7 heteroatoms. The van der Waals surface area contributed by atoms with Crippen LogP contribution in [0.15, 0.2) is 35.1 Å². The van der Waals surface area contributed by atoms with Gasteiger partial charge in [-0.25, -0.2) is 0 Å². The maximum atomic E-state index is 12.7. The SMILES string of the molecule is Cc1[nH][nH]c(=O)c1CC(=O)N1CC[C@@](c2ccccc2)(N(C)C)[C@H](O)C1. The minimum Gasteiger partial charge on any atom is -0.389 e. The molecule has 3 rings (SSSR count). The van der Waals surface area contributed by atoms with E-state index in [-0.39, 0.29) is 24.4 Å². The van der Waals surface area contributed by atoms with E-state index in [4.69, 9.17) is 0 Å². The molecular weight excluding hydrogens is 332 g/mol. The van der Waals surface area contributed by atoms with Gasteiger partial charge >= 0.3 is 0 Å². The molecule has 2 aromatic rings. The zero-order valence-corrected chi connectivity index (χ0v) is 15.5. The molecule has 0 bridgehead atoms. The number of nitrogens with zero attached hydrogens (tertiary/aromatic N) is 2. The Labute approximate surface area is 152 Å². The normalized spacial score (nSPS) is 23.4. The predicted molar refractivity (Wildman–Crippen MR) is 98.9 cm³/mol. The van der Waals surface area contributed by atoms with Gasteiger partial charge in [0.25, 0.3) is 5.56 Å². The number of aliphatic hydroxyl groups excluding tert-OH is 1. The van der Waals surface area contributed by atoms with Gasteiger partial charge in [0.15, 0.2) is 0 Å². The molecule has 2 atom stereocenters. The summed E-state index contributed by atoms with van der Waals surface area (Å²) in [7, 11) is 3.91. The smallest absolute Gasteiger partial charge is 0.267 e. The number of carbonyl (C=O) groups excluding carboxylic acids is 1. The number of β-amino-alcohol motifs (C(OH)–C–C–N with tert-alkyl or cyclic N) is 1. The highest BCUT2D eigenvalue weighted by Gasteiger charge is 2.46. The zero-order valence-electron chi connectivity index (χ0n) is 15.5. The van der Waals surface area contributed by atoms with Gasteiger partial charge in [-0.1, -0.05) is 30.3 Å². The predicted octanol–water partition coefficient (Wildman–Crippen LogP) is 0.604. The maximum absolute atomic E-state index is 12.7. The Morgan fingerprint density at radius 2 is 2.00 bits per heavy atom. The lowest BCUT2D eigenvalue weighted by Crippen LogP contribution is -2.61. The molecule has 1 saturated heterocycles. The average molecular weight is 358 g/mol. The summed E-state index contributed by atoms with van der Waals surface area (Å²) in [5.74, 6) is -0.141. The fourth-order valence-electron chi connectivity index (χ4n) is 3.94. The fraction of sp³-hybridized carbons (Fsp3) is 0.474. The van der Waals surface area contributed by atoms with Crippen molar-refractivity contribution in [1.82, 2.24) is 20.0 Å². The number of likely N-dealkylation sites (tertiary alicyclic amines) is 1. The van der Waals surface area contributed by atoms with Crippen molar-refractivity contribution in [2.45, 2.75) is 31.4 Å². The summed E-state index contributed by atoms with van der Waals surface area (Å²) < 4.78 is 0. The second-order valence-corrected chi connectivity index (χ2v) is 7.15. The molecule has 1 aromatic heterocycles. The van der Waals surface area contributed by atoms with E-state index >= 15 is 0 Å². The molecule has 1 aliphatic heterocycles. The van der Waals surface area contributed by atoms with Gasteiger partial charge in [0.1, 0.15) is 0 Å². The van der Waals surface area contributed by atoms with Gasteiger partial charge in [-0.05, 0) is 33.0 Å². The molecule has 2 heterocycles. The summed E-state index contributed by atoms with van der Waals surface area (Å²) in [5.41, 5.74) is 1.38. The van der Waals surface area contributed by atoms with E-state index in [1.807, 2.05) is 49.3 Å². The molecule has 7 nitrogen and oxygen atoms in total. The van der Waals surface area contributed by atoms with Crippen LogP contribution in [0.5, 0.6) is 0 Å². The number of aromatic amines is 2. The maximum Gasteiger partial charge on any atom is 0.267 e. The number of piperidine rings is 1. The van der Waals surface area contributed by atoms with E-state index in [9.17, 15) is 14.7 Å². The Balaban J connectivity index is 1.79. The number of benzene rings is 1. The van der Waals surface area contributed by atoms with Crippen molar-refractivity contribution in [2.24, 2.45) is 0 Å². The van der Waals surface area contributed by atoms with Gasteiger partial charge in [-0.3, -0.25) is 19.6 Å². The van der Waals surface area contributed by atoms with Crippen LogP contribution in [0.25, 0.3) is 0 Å². The number of nitrogens with one attached hydrogen (secondary N) is 2. The molecular formula is C19H26N4O3. The molecule has 1 aromatic carbocycles. The minimum absolute atomic E-state index is 0.0394. The van der Waals surface area contributed by atoms with Crippen molar-refractivity contribution in [3.8, 4) is 0 Å². The zero-order chi connectivity index (χ0) is 18.9. The molecule has 0 unspecified atom stereocenters. The van der Waals surface area contributed by atoms with Crippen LogP contribution >= 0.6 is 0 Å². The van der Waals surface area contributed by atoms with Crippen LogP contribution in [0.2, 0.25) is 0 Å². The van der Waals surface area contributed by atoms with Crippen LogP contribution in [0.1, 0.15) is 23.2 Å². The lowest BCUT2D eigenvalue weighted by atomic mass is 9.77. The van der Waals surface area contributed by atoms with Gasteiger partial charge in [0.2, 0.25) is 5.91 Å². The fourth-order valence-corrected chi connectivity index (χ4v) is 3.94. The summed E-state index contributed by atoms with van der Waals surface area (Å²) >= 11 is 0. The lowest BCUT2D eigenvalue weighted by molar-refractivity contribution is -0.140. The number of hydrogen-bond acceptors (Lipinski definition) is 4. The summed E-state index contributed by atoms with van der Waals surface area (Å²) in [6.07, 6.45) is -0.0555. The molecule has 0 radical (unpaired) electrons. The number of aromatic nitrogens is 2. The first kappa shape index (κ1) is 18.4. The second kappa shape index (κ2) is 7.09. The molecule has 1 aliphatic rings. The molecule has 1 fully saturated rings. The van der Waals surface area contributed by atoms with Crippen molar-refractivity contribution in [2.75, 3.05) is 27.2 Å². The van der Waals surface area contributed by atoms with Crippen molar-refractivity contribution in [3.05, 3.63) is 57.5 Å². The third-order valence-corrected chi connectivity index (χ3v) is 5.55. The van der Waals surface area contributed by atoms with Crippen LogP contribution in [-0.4, -0.2) is 64.3 Å². The quantitative estimate of drug-likeness (QED) is 0.746. The topological polar surface area (TPSA) is 92.4 Å². The Kier molecular flexibility index (Phi) is 5.02. The minimum atomic E-state index is -0.719. The van der Waals surface area contributed by atoms with Crippen LogP contribution in [0.3, 0.4) is 0 Å². The summed E-state index contributed by atoms with van der Waals surface area (Å²) in [6.45, 7) is 2.54. The van der Waals surface area contributed by atoms with E-state index in [2.05, 4.69) is 10.2 Å². The van der Waals surface area contributed by atoms with Crippen LogP contribution in [0, 0.1) is 6.92 Å². The highest BCUT2D eigenvalue weighted by atomic mass is 16.3. The van der Waals surface area contributed by atoms with E-state index in [1.54, 1.807) is 11.8 Å². The second-order valence-electron chi connectivity index (χ2n) is 7.15. The Morgan fingerprint density at radius 3 is 2.54 bits per heavy atom. The first-order valence-corrected chi connectivity index (χ1v) is 8.81. The van der Waals surface area contributed by atoms with E-state index in [0.29, 0.717) is 24.2 Å². The number of likely N-dealkylation sites (N-methyl/N-ethyl adjacent to an activating group) is 1. The van der Waals surface area contributed by atoms with E-state index in [1.165, 1.54) is 0 Å². The van der Waals surface area contributed by atoms with Gasteiger partial charge in [0, 0.05) is 24.3 Å². The Morgan fingerprint density at radius 1 is 1.31 bits per heavy atom. The third kappa shape index (κ3) is 3.08. The average Bonchev–Trinajstić information content (AvgIpc) is 2.94. The summed E-state index contributed by atoms with van der Waals surface area (Å²) in [4.78, 5) is 28.1. The van der Waals surface area contributed by atoms with Crippen LogP contribution in [0.4, 0.5) is 0 Å². The highest BCUT2D eigenvalue weighted by Crippen LogP contribution is 2.37. The first-order valence-electron chi connectivity index (χ1n) is 8.81. The summed E-state index contributed by atoms with van der Waals surface area (Å²) in [5, 5.41) is 16.2. The lowest BCUT2D eigenvalue weighted by Gasteiger charge is -2.49. The number of aryl methyl sites for hydroxylation is 1. The van der Waals surface area contributed by atoms with Gasteiger partial charge in [-0.2, -0.15) is 0 Å². The van der Waals surface area contributed by atoms with Crippen molar-refractivity contribution >= 4 is 5.91 Å².